The van der Waals surface area contributed by atoms with E-state index in [-0.39, 0.29) is 11.9 Å². The van der Waals surface area contributed by atoms with E-state index in [1.165, 1.54) is 0 Å². The number of hydrogen-bond acceptors (Lipinski definition) is 3. The van der Waals surface area contributed by atoms with E-state index in [0.29, 0.717) is 11.3 Å². The van der Waals surface area contributed by atoms with Crippen molar-refractivity contribution >= 4 is 5.91 Å². The monoisotopic (exact) mass is 346 g/mol. The highest BCUT2D eigenvalue weighted by Gasteiger charge is 2.13. The third-order valence-corrected chi connectivity index (χ3v) is 4.47. The molecule has 4 heteroatoms. The van der Waals surface area contributed by atoms with Gasteiger partial charge in [0.1, 0.15) is 5.75 Å². The van der Waals surface area contributed by atoms with Gasteiger partial charge in [-0.15, -0.1) is 0 Å². The molecule has 132 valence electrons. The molecule has 0 bridgehead atoms. The van der Waals surface area contributed by atoms with Crippen molar-refractivity contribution in [1.29, 1.82) is 0 Å². The molecule has 1 amide bonds. The van der Waals surface area contributed by atoms with Crippen molar-refractivity contribution < 1.29 is 9.90 Å². The van der Waals surface area contributed by atoms with Gasteiger partial charge in [-0.3, -0.25) is 9.78 Å². The molecule has 0 fully saturated rings. The Morgan fingerprint density at radius 1 is 1.00 bits per heavy atom. The molecular weight excluding hydrogens is 324 g/mol. The summed E-state index contributed by atoms with van der Waals surface area (Å²) in [7, 11) is 0. The van der Waals surface area contributed by atoms with Gasteiger partial charge in [-0.25, -0.2) is 0 Å². The van der Waals surface area contributed by atoms with Crippen LogP contribution in [0.4, 0.5) is 0 Å². The minimum atomic E-state index is -0.164. The predicted molar refractivity (Wildman–Crippen MR) is 103 cm³/mol. The maximum absolute atomic E-state index is 12.6. The third-order valence-electron chi connectivity index (χ3n) is 4.47. The molecule has 2 aromatic carbocycles. The third kappa shape index (κ3) is 3.75. The van der Waals surface area contributed by atoms with Crippen LogP contribution in [0.1, 0.15) is 40.0 Å². The number of carbonyl (C=O) groups is 1. The lowest BCUT2D eigenvalue weighted by Gasteiger charge is -2.15. The van der Waals surface area contributed by atoms with Crippen molar-refractivity contribution in [3.8, 4) is 16.9 Å². The number of carbonyl (C=O) groups excluding carboxylic acids is 1. The Balaban J connectivity index is 1.84. The molecule has 1 atom stereocenters. The Morgan fingerprint density at radius 3 is 2.31 bits per heavy atom. The summed E-state index contributed by atoms with van der Waals surface area (Å²) in [5.74, 6) is 0.134. The van der Waals surface area contributed by atoms with E-state index in [1.54, 1.807) is 12.4 Å². The quantitative estimate of drug-likeness (QED) is 0.728. The minimum absolute atomic E-state index is 0.0921. The number of nitrogens with zero attached hydrogens (tertiary/aromatic N) is 1. The van der Waals surface area contributed by atoms with Crippen LogP contribution in [0.2, 0.25) is 0 Å². The lowest BCUT2D eigenvalue weighted by Crippen LogP contribution is -2.26. The van der Waals surface area contributed by atoms with Gasteiger partial charge in [-0.1, -0.05) is 30.3 Å². The topological polar surface area (TPSA) is 62.2 Å². The molecule has 2 N–H and O–H groups in total. The zero-order valence-electron chi connectivity index (χ0n) is 15.2. The van der Waals surface area contributed by atoms with Crippen molar-refractivity contribution in [2.24, 2.45) is 0 Å². The Morgan fingerprint density at radius 2 is 1.65 bits per heavy atom. The highest BCUT2D eigenvalue weighted by molar-refractivity contribution is 5.95. The second kappa shape index (κ2) is 7.40. The summed E-state index contributed by atoms with van der Waals surface area (Å²) in [5, 5.41) is 13.0. The van der Waals surface area contributed by atoms with Crippen LogP contribution in [0.15, 0.2) is 60.9 Å². The molecule has 0 saturated heterocycles. The second-order valence-electron chi connectivity index (χ2n) is 6.53. The zero-order chi connectivity index (χ0) is 18.7. The van der Waals surface area contributed by atoms with E-state index in [4.69, 9.17) is 0 Å². The Bertz CT molecular complexity index is 913. The van der Waals surface area contributed by atoms with Gasteiger partial charge in [0.15, 0.2) is 0 Å². The molecule has 26 heavy (non-hydrogen) atoms. The summed E-state index contributed by atoms with van der Waals surface area (Å²) < 4.78 is 0. The molecule has 3 rings (SSSR count). The normalized spacial score (nSPS) is 11.8. The van der Waals surface area contributed by atoms with Gasteiger partial charge in [0.05, 0.1) is 11.6 Å². The zero-order valence-corrected chi connectivity index (χ0v) is 15.2. The Labute approximate surface area is 153 Å². The molecule has 1 aromatic heterocycles. The Hall–Kier alpha value is -3.14. The SMILES string of the molecule is Cc1cc(-c2cncc(C(=O)N[C@@H](C)c3ccccc3)c2)cc(C)c1O. The van der Waals surface area contributed by atoms with Crippen LogP contribution in [0.3, 0.4) is 0 Å². The number of phenolic OH excluding ortho intramolecular Hbond substituents is 1. The lowest BCUT2D eigenvalue weighted by atomic mass is 10.00. The lowest BCUT2D eigenvalue weighted by molar-refractivity contribution is 0.0939. The van der Waals surface area contributed by atoms with Gasteiger partial charge >= 0.3 is 0 Å². The van der Waals surface area contributed by atoms with Crippen LogP contribution in [-0.4, -0.2) is 16.0 Å². The van der Waals surface area contributed by atoms with Crippen molar-refractivity contribution in [1.82, 2.24) is 10.3 Å². The summed E-state index contributed by atoms with van der Waals surface area (Å²) >= 11 is 0. The molecule has 0 aliphatic rings. The highest BCUT2D eigenvalue weighted by atomic mass is 16.3. The van der Waals surface area contributed by atoms with Crippen LogP contribution >= 0.6 is 0 Å². The summed E-state index contributed by atoms with van der Waals surface area (Å²) in [5.41, 5.74) is 4.93. The van der Waals surface area contributed by atoms with Crippen molar-refractivity contribution in [3.05, 3.63) is 83.2 Å². The van der Waals surface area contributed by atoms with Gasteiger partial charge < -0.3 is 10.4 Å². The molecule has 0 aliphatic carbocycles. The minimum Gasteiger partial charge on any atom is -0.507 e. The molecule has 3 aromatic rings. The van der Waals surface area contributed by atoms with Crippen molar-refractivity contribution in [2.75, 3.05) is 0 Å². The number of hydrogen-bond donors (Lipinski definition) is 2. The number of nitrogens with one attached hydrogen (secondary N) is 1. The number of rotatable bonds is 4. The van der Waals surface area contributed by atoms with E-state index >= 15 is 0 Å². The molecule has 0 radical (unpaired) electrons. The number of aromatic hydroxyl groups is 1. The first-order valence-corrected chi connectivity index (χ1v) is 8.57. The molecular formula is C22H22N2O2. The molecule has 0 spiro atoms. The highest BCUT2D eigenvalue weighted by Crippen LogP contribution is 2.29. The number of aryl methyl sites for hydroxylation is 2. The van der Waals surface area contributed by atoms with Gasteiger partial charge in [0, 0.05) is 18.0 Å². The molecule has 1 heterocycles. The van der Waals surface area contributed by atoms with E-state index < -0.39 is 0 Å². The fourth-order valence-electron chi connectivity index (χ4n) is 2.95. The summed E-state index contributed by atoms with van der Waals surface area (Å²) in [4.78, 5) is 16.8. The number of amides is 1. The van der Waals surface area contributed by atoms with Crippen LogP contribution < -0.4 is 5.32 Å². The number of benzene rings is 2. The van der Waals surface area contributed by atoms with E-state index in [2.05, 4.69) is 10.3 Å². The van der Waals surface area contributed by atoms with Crippen LogP contribution in [0.25, 0.3) is 11.1 Å². The summed E-state index contributed by atoms with van der Waals surface area (Å²) in [6.45, 7) is 5.67. The van der Waals surface area contributed by atoms with Crippen LogP contribution in [0.5, 0.6) is 5.75 Å². The first-order chi connectivity index (χ1) is 12.5. The van der Waals surface area contributed by atoms with Crippen molar-refractivity contribution in [3.63, 3.8) is 0 Å². The number of aromatic nitrogens is 1. The van der Waals surface area contributed by atoms with Crippen LogP contribution in [-0.2, 0) is 0 Å². The largest absolute Gasteiger partial charge is 0.507 e. The fraction of sp³-hybridized carbons (Fsp3) is 0.182. The average molecular weight is 346 g/mol. The fourth-order valence-corrected chi connectivity index (χ4v) is 2.95. The smallest absolute Gasteiger partial charge is 0.253 e. The number of phenols is 1. The van der Waals surface area contributed by atoms with E-state index in [0.717, 1.165) is 27.8 Å². The van der Waals surface area contributed by atoms with Gasteiger partial charge in [-0.2, -0.15) is 0 Å². The standard InChI is InChI=1S/C22H22N2O2/c1-14-9-18(10-15(2)21(14)25)19-11-20(13-23-12-19)22(26)24-16(3)17-7-5-4-6-8-17/h4-13,16,25H,1-3H3,(H,24,26)/t16-/m0/s1. The molecule has 0 unspecified atom stereocenters. The van der Waals surface area contributed by atoms with E-state index in [1.807, 2.05) is 69.3 Å². The molecule has 0 saturated carbocycles. The Kier molecular flexibility index (Phi) is 5.03. The van der Waals surface area contributed by atoms with Gasteiger partial charge in [0.2, 0.25) is 0 Å². The van der Waals surface area contributed by atoms with Crippen molar-refractivity contribution in [2.45, 2.75) is 26.8 Å². The first kappa shape index (κ1) is 17.7. The first-order valence-electron chi connectivity index (χ1n) is 8.57. The predicted octanol–water partition coefficient (Wildman–Crippen LogP) is 4.56. The summed E-state index contributed by atoms with van der Waals surface area (Å²) in [6.07, 6.45) is 3.29. The van der Waals surface area contributed by atoms with Gasteiger partial charge in [-0.05, 0) is 61.2 Å². The molecule has 4 nitrogen and oxygen atoms in total. The average Bonchev–Trinajstić information content (AvgIpc) is 2.66. The van der Waals surface area contributed by atoms with Gasteiger partial charge in [0.25, 0.3) is 5.91 Å². The second-order valence-corrected chi connectivity index (χ2v) is 6.53. The number of pyridine rings is 1. The maximum Gasteiger partial charge on any atom is 0.253 e. The maximum atomic E-state index is 12.6. The summed E-state index contributed by atoms with van der Waals surface area (Å²) in [6, 6.07) is 15.4. The van der Waals surface area contributed by atoms with Crippen LogP contribution in [0, 0.1) is 13.8 Å². The van der Waals surface area contributed by atoms with E-state index in [9.17, 15) is 9.90 Å². The molecule has 0 aliphatic heterocycles.